The Hall–Kier alpha value is -3.68. The number of carbonyl (C=O) groups excluding carboxylic acids is 1. The standard InChI is InChI=1S/C26H25FN6O/c1-16-17-12-20(13-17)32(24(16)9-7-19-15-28-22-4-2-3-5-23(22)31-19)26(34)21-14-18(27)6-8-25(21)33-29-10-11-30-33/h2-6,8,10-11,14-17,20,24H,7,9,12-13H2,1H3/t16-,17?,20?,24?/m1/s1. The Balaban J connectivity index is 1.30. The van der Waals surface area contributed by atoms with Gasteiger partial charge in [0.1, 0.15) is 5.82 Å². The quantitative estimate of drug-likeness (QED) is 0.449. The van der Waals surface area contributed by atoms with E-state index in [9.17, 15) is 9.18 Å². The van der Waals surface area contributed by atoms with Crippen molar-refractivity contribution in [3.05, 3.63) is 78.1 Å². The first-order valence-electron chi connectivity index (χ1n) is 11.8. The van der Waals surface area contributed by atoms with Gasteiger partial charge in [-0.1, -0.05) is 19.1 Å². The van der Waals surface area contributed by atoms with Gasteiger partial charge in [-0.3, -0.25) is 9.78 Å². The van der Waals surface area contributed by atoms with Crippen LogP contribution >= 0.6 is 0 Å². The van der Waals surface area contributed by atoms with E-state index in [4.69, 9.17) is 4.98 Å². The number of hydrogen-bond acceptors (Lipinski definition) is 5. The molecule has 2 saturated heterocycles. The van der Waals surface area contributed by atoms with Gasteiger partial charge < -0.3 is 4.90 Å². The fourth-order valence-corrected chi connectivity index (χ4v) is 5.59. The molecule has 1 aliphatic carbocycles. The van der Waals surface area contributed by atoms with Crippen molar-refractivity contribution < 1.29 is 9.18 Å². The molecular formula is C26H25FN6O. The molecule has 2 bridgehead atoms. The van der Waals surface area contributed by atoms with Crippen LogP contribution in [0.25, 0.3) is 16.7 Å². The Morgan fingerprint density at radius 1 is 1.09 bits per heavy atom. The molecule has 2 aromatic heterocycles. The smallest absolute Gasteiger partial charge is 0.256 e. The molecule has 8 heteroatoms. The monoisotopic (exact) mass is 456 g/mol. The van der Waals surface area contributed by atoms with Gasteiger partial charge in [-0.2, -0.15) is 15.0 Å². The maximum atomic E-state index is 14.3. The number of aryl methyl sites for hydroxylation is 1. The third kappa shape index (κ3) is 3.54. The van der Waals surface area contributed by atoms with Crippen molar-refractivity contribution in [1.82, 2.24) is 29.9 Å². The molecule has 2 atom stereocenters. The molecule has 4 heterocycles. The summed E-state index contributed by atoms with van der Waals surface area (Å²) in [5.41, 5.74) is 3.46. The van der Waals surface area contributed by atoms with Gasteiger partial charge in [0.15, 0.2) is 0 Å². The van der Waals surface area contributed by atoms with Crippen molar-refractivity contribution in [2.24, 2.45) is 11.8 Å². The van der Waals surface area contributed by atoms with Crippen LogP contribution in [0.3, 0.4) is 0 Å². The van der Waals surface area contributed by atoms with Crippen molar-refractivity contribution in [2.45, 2.75) is 44.7 Å². The van der Waals surface area contributed by atoms with Gasteiger partial charge in [0.25, 0.3) is 5.91 Å². The third-order valence-corrected chi connectivity index (χ3v) is 7.50. The molecule has 34 heavy (non-hydrogen) atoms. The first-order chi connectivity index (χ1) is 16.6. The fraction of sp³-hybridized carbons (Fsp3) is 0.346. The van der Waals surface area contributed by atoms with Crippen LogP contribution in [0.5, 0.6) is 0 Å². The molecule has 4 aromatic rings. The number of rotatable bonds is 5. The lowest BCUT2D eigenvalue weighted by Gasteiger charge is -2.57. The number of aromatic nitrogens is 5. The molecule has 2 aliphatic heterocycles. The summed E-state index contributed by atoms with van der Waals surface area (Å²) in [4.78, 5) is 26.6. The summed E-state index contributed by atoms with van der Waals surface area (Å²) in [7, 11) is 0. The first kappa shape index (κ1) is 20.9. The van der Waals surface area contributed by atoms with Gasteiger partial charge in [0, 0.05) is 18.3 Å². The Morgan fingerprint density at radius 3 is 2.65 bits per heavy atom. The predicted octanol–water partition coefficient (Wildman–Crippen LogP) is 4.22. The molecule has 0 N–H and O–H groups in total. The van der Waals surface area contributed by atoms with E-state index in [-0.39, 0.29) is 18.0 Å². The van der Waals surface area contributed by atoms with Gasteiger partial charge >= 0.3 is 0 Å². The maximum Gasteiger partial charge on any atom is 0.256 e. The van der Waals surface area contributed by atoms with Crippen molar-refractivity contribution in [1.29, 1.82) is 0 Å². The largest absolute Gasteiger partial charge is 0.332 e. The van der Waals surface area contributed by atoms with E-state index in [2.05, 4.69) is 22.1 Å². The zero-order chi connectivity index (χ0) is 23.2. The molecule has 2 aromatic carbocycles. The summed E-state index contributed by atoms with van der Waals surface area (Å²) in [5, 5.41) is 8.33. The molecule has 3 fully saturated rings. The zero-order valence-electron chi connectivity index (χ0n) is 18.9. The van der Waals surface area contributed by atoms with Gasteiger partial charge in [0.05, 0.1) is 40.4 Å². The molecule has 7 rings (SSSR count). The van der Waals surface area contributed by atoms with E-state index < -0.39 is 5.82 Å². The number of piperidine rings is 2. The van der Waals surface area contributed by atoms with Crippen LogP contribution < -0.4 is 0 Å². The minimum absolute atomic E-state index is 0.0555. The van der Waals surface area contributed by atoms with E-state index in [0.29, 0.717) is 23.1 Å². The van der Waals surface area contributed by atoms with E-state index >= 15 is 0 Å². The van der Waals surface area contributed by atoms with Crippen molar-refractivity contribution in [3.63, 3.8) is 0 Å². The minimum Gasteiger partial charge on any atom is -0.332 e. The summed E-state index contributed by atoms with van der Waals surface area (Å²) < 4.78 is 14.3. The second-order valence-electron chi connectivity index (χ2n) is 9.39. The number of nitrogens with zero attached hydrogens (tertiary/aromatic N) is 6. The lowest BCUT2D eigenvalue weighted by molar-refractivity contribution is -0.0571. The predicted molar refractivity (Wildman–Crippen MR) is 125 cm³/mol. The van der Waals surface area contributed by atoms with E-state index in [1.165, 1.54) is 16.9 Å². The molecule has 3 aliphatic rings. The lowest BCUT2D eigenvalue weighted by Crippen LogP contribution is -2.63. The average molecular weight is 457 g/mol. The topological polar surface area (TPSA) is 76.8 Å². The summed E-state index contributed by atoms with van der Waals surface area (Å²) in [6.07, 6.45) is 8.45. The number of halogens is 1. The molecule has 1 amide bonds. The molecule has 172 valence electrons. The highest BCUT2D eigenvalue weighted by atomic mass is 19.1. The Bertz CT molecular complexity index is 1350. The van der Waals surface area contributed by atoms with Gasteiger partial charge in [-0.25, -0.2) is 9.37 Å². The second kappa shape index (κ2) is 8.27. The summed E-state index contributed by atoms with van der Waals surface area (Å²) in [5.74, 6) is 0.388. The second-order valence-corrected chi connectivity index (χ2v) is 9.39. The Kier molecular flexibility index (Phi) is 5.08. The van der Waals surface area contributed by atoms with Crippen molar-refractivity contribution in [3.8, 4) is 5.69 Å². The molecule has 0 spiro atoms. The third-order valence-electron chi connectivity index (χ3n) is 7.50. The van der Waals surface area contributed by atoms with Crippen LogP contribution in [0.2, 0.25) is 0 Å². The highest BCUT2D eigenvalue weighted by molar-refractivity contribution is 5.98. The minimum atomic E-state index is -0.446. The summed E-state index contributed by atoms with van der Waals surface area (Å²) in [6.45, 7) is 2.23. The molecular weight excluding hydrogens is 431 g/mol. The van der Waals surface area contributed by atoms with E-state index in [1.54, 1.807) is 18.5 Å². The zero-order valence-corrected chi connectivity index (χ0v) is 18.9. The van der Waals surface area contributed by atoms with Crippen LogP contribution in [-0.4, -0.2) is 47.9 Å². The van der Waals surface area contributed by atoms with Crippen LogP contribution in [0.1, 0.15) is 42.2 Å². The van der Waals surface area contributed by atoms with Crippen LogP contribution in [0, 0.1) is 17.7 Å². The number of fused-ring (bicyclic) bond motifs is 3. The van der Waals surface area contributed by atoms with Gasteiger partial charge in [-0.15, -0.1) is 0 Å². The summed E-state index contributed by atoms with van der Waals surface area (Å²) in [6, 6.07) is 12.3. The number of benzene rings is 2. The van der Waals surface area contributed by atoms with Crippen molar-refractivity contribution >= 4 is 16.9 Å². The molecule has 1 saturated carbocycles. The average Bonchev–Trinajstić information content (AvgIpc) is 3.36. The number of hydrogen-bond donors (Lipinski definition) is 0. The number of amides is 1. The SMILES string of the molecule is C[C@@H]1C2CC(C2)N(C(=O)c2cc(F)ccc2-n2nccn2)C1CCc1cnc2ccccc2n1. The van der Waals surface area contributed by atoms with Crippen LogP contribution in [0.4, 0.5) is 4.39 Å². The molecule has 7 nitrogen and oxygen atoms in total. The summed E-state index contributed by atoms with van der Waals surface area (Å²) >= 11 is 0. The molecule has 0 radical (unpaired) electrons. The number of carbonyl (C=O) groups is 1. The van der Waals surface area contributed by atoms with E-state index in [1.807, 2.05) is 35.4 Å². The fourth-order valence-electron chi connectivity index (χ4n) is 5.59. The highest BCUT2D eigenvalue weighted by Gasteiger charge is 2.50. The maximum absolute atomic E-state index is 14.3. The molecule has 1 unspecified atom stereocenters. The normalized spacial score (nSPS) is 23.6. The van der Waals surface area contributed by atoms with Gasteiger partial charge in [-0.05, 0) is 67.9 Å². The number of para-hydroxylation sites is 2. The Labute approximate surface area is 196 Å². The Morgan fingerprint density at radius 2 is 1.85 bits per heavy atom. The van der Waals surface area contributed by atoms with E-state index in [0.717, 1.165) is 42.4 Å². The van der Waals surface area contributed by atoms with Crippen molar-refractivity contribution in [2.75, 3.05) is 0 Å². The van der Waals surface area contributed by atoms with Crippen LogP contribution in [-0.2, 0) is 6.42 Å². The highest BCUT2D eigenvalue weighted by Crippen LogP contribution is 2.48. The lowest BCUT2D eigenvalue weighted by atomic mass is 9.63. The van der Waals surface area contributed by atoms with Gasteiger partial charge in [0.2, 0.25) is 0 Å². The first-order valence-corrected chi connectivity index (χ1v) is 11.8. The van der Waals surface area contributed by atoms with Crippen LogP contribution in [0.15, 0.2) is 61.1 Å².